The van der Waals surface area contributed by atoms with E-state index in [1.54, 1.807) is 0 Å². The highest BCUT2D eigenvalue weighted by Crippen LogP contribution is 2.36. The molecule has 0 amide bonds. The van der Waals surface area contributed by atoms with Gasteiger partial charge in [-0.05, 0) is 12.8 Å². The molecule has 1 rings (SSSR count). The van der Waals surface area contributed by atoms with E-state index < -0.39 is 0 Å². The number of ether oxygens (including phenoxy) is 2. The zero-order valence-electron chi connectivity index (χ0n) is 10.4. The van der Waals surface area contributed by atoms with Gasteiger partial charge in [0.1, 0.15) is 0 Å². The van der Waals surface area contributed by atoms with Crippen LogP contribution in [0.2, 0.25) is 0 Å². The summed E-state index contributed by atoms with van der Waals surface area (Å²) in [5.74, 6) is 0. The Hall–Kier alpha value is -0.120. The average Bonchev–Trinajstić information content (AvgIpc) is 2.29. The molecule has 3 heteroatoms. The topological polar surface area (TPSA) is 38.7 Å². The van der Waals surface area contributed by atoms with Gasteiger partial charge in [0.2, 0.25) is 0 Å². The molecule has 0 spiro atoms. The average molecular weight is 216 g/mol. The minimum atomic E-state index is -0.312. The summed E-state index contributed by atoms with van der Waals surface area (Å²) in [6, 6.07) is 0. The molecule has 0 unspecified atom stereocenters. The zero-order chi connectivity index (χ0) is 11.5. The molecule has 0 bridgehead atoms. The normalized spacial score (nSPS) is 23.0. The fourth-order valence-electron chi connectivity index (χ4n) is 1.78. The summed E-state index contributed by atoms with van der Waals surface area (Å²) in [7, 11) is 0. The van der Waals surface area contributed by atoms with Crippen LogP contribution >= 0.6 is 0 Å². The summed E-state index contributed by atoms with van der Waals surface area (Å²) >= 11 is 0. The summed E-state index contributed by atoms with van der Waals surface area (Å²) < 4.78 is 11.5. The van der Waals surface area contributed by atoms with Crippen molar-refractivity contribution in [1.82, 2.24) is 0 Å². The monoisotopic (exact) mass is 216 g/mol. The standard InChI is InChI=1S/C12H24O3/c1-5-12(6-2)8-14-10(15-9-12)11(3,4)7-13/h10,13H,5-9H2,1-4H3. The first kappa shape index (κ1) is 12.9. The third-order valence-corrected chi connectivity index (χ3v) is 3.63. The molecule has 1 aliphatic heterocycles. The van der Waals surface area contributed by atoms with E-state index in [0.29, 0.717) is 0 Å². The van der Waals surface area contributed by atoms with Gasteiger partial charge < -0.3 is 14.6 Å². The lowest BCUT2D eigenvalue weighted by Gasteiger charge is -2.43. The van der Waals surface area contributed by atoms with Crippen LogP contribution < -0.4 is 0 Å². The SMILES string of the molecule is CCC1(CC)COC(C(C)(C)CO)OC1. The first-order chi connectivity index (χ1) is 6.99. The van der Waals surface area contributed by atoms with Gasteiger partial charge in [0.25, 0.3) is 0 Å². The van der Waals surface area contributed by atoms with Gasteiger partial charge in [0.05, 0.1) is 19.8 Å². The van der Waals surface area contributed by atoms with Crippen LogP contribution in [0.15, 0.2) is 0 Å². The summed E-state index contributed by atoms with van der Waals surface area (Å²) in [6.45, 7) is 9.84. The highest BCUT2D eigenvalue weighted by atomic mass is 16.7. The fraction of sp³-hybridized carbons (Fsp3) is 1.00. The van der Waals surface area contributed by atoms with E-state index in [2.05, 4.69) is 13.8 Å². The predicted molar refractivity (Wildman–Crippen MR) is 59.6 cm³/mol. The van der Waals surface area contributed by atoms with Gasteiger partial charge in [-0.25, -0.2) is 0 Å². The number of aliphatic hydroxyl groups is 1. The molecule has 15 heavy (non-hydrogen) atoms. The Labute approximate surface area is 92.8 Å². The summed E-state index contributed by atoms with van der Waals surface area (Å²) in [4.78, 5) is 0. The van der Waals surface area contributed by atoms with Crippen LogP contribution in [0.5, 0.6) is 0 Å². The molecular formula is C12H24O3. The molecule has 0 aromatic rings. The molecule has 0 aromatic carbocycles. The second-order valence-corrected chi connectivity index (χ2v) is 5.31. The van der Waals surface area contributed by atoms with Crippen molar-refractivity contribution in [2.45, 2.75) is 46.8 Å². The van der Waals surface area contributed by atoms with E-state index in [1.807, 2.05) is 13.8 Å². The van der Waals surface area contributed by atoms with E-state index in [-0.39, 0.29) is 23.7 Å². The van der Waals surface area contributed by atoms with E-state index in [1.165, 1.54) is 0 Å². The number of rotatable bonds is 4. The molecule has 0 radical (unpaired) electrons. The highest BCUT2D eigenvalue weighted by molar-refractivity contribution is 4.82. The van der Waals surface area contributed by atoms with E-state index in [4.69, 9.17) is 9.47 Å². The van der Waals surface area contributed by atoms with Crippen molar-refractivity contribution in [3.8, 4) is 0 Å². The van der Waals surface area contributed by atoms with Crippen LogP contribution in [0, 0.1) is 10.8 Å². The van der Waals surface area contributed by atoms with Gasteiger partial charge in [-0.1, -0.05) is 27.7 Å². The Morgan fingerprint density at radius 3 is 2.00 bits per heavy atom. The highest BCUT2D eigenvalue weighted by Gasteiger charge is 2.40. The quantitative estimate of drug-likeness (QED) is 0.783. The number of aliphatic hydroxyl groups excluding tert-OH is 1. The molecule has 0 atom stereocenters. The smallest absolute Gasteiger partial charge is 0.164 e. The van der Waals surface area contributed by atoms with Crippen molar-refractivity contribution >= 4 is 0 Å². The van der Waals surface area contributed by atoms with Crippen LogP contribution in [0.25, 0.3) is 0 Å². The third kappa shape index (κ3) is 2.71. The van der Waals surface area contributed by atoms with E-state index in [0.717, 1.165) is 26.1 Å². The molecule has 0 aliphatic carbocycles. The van der Waals surface area contributed by atoms with E-state index in [9.17, 15) is 5.11 Å². The minimum Gasteiger partial charge on any atom is -0.396 e. The second kappa shape index (κ2) is 4.81. The zero-order valence-corrected chi connectivity index (χ0v) is 10.4. The molecule has 1 N–H and O–H groups in total. The Morgan fingerprint density at radius 1 is 1.20 bits per heavy atom. The van der Waals surface area contributed by atoms with Crippen molar-refractivity contribution in [3.05, 3.63) is 0 Å². The van der Waals surface area contributed by atoms with Crippen LogP contribution in [-0.4, -0.2) is 31.2 Å². The Kier molecular flexibility index (Phi) is 4.15. The maximum atomic E-state index is 9.23. The molecule has 1 fully saturated rings. The van der Waals surface area contributed by atoms with E-state index >= 15 is 0 Å². The summed E-state index contributed by atoms with van der Waals surface area (Å²) in [5.41, 5.74) is -0.129. The maximum Gasteiger partial charge on any atom is 0.164 e. The molecular weight excluding hydrogens is 192 g/mol. The maximum absolute atomic E-state index is 9.23. The van der Waals surface area contributed by atoms with Gasteiger partial charge >= 0.3 is 0 Å². The molecule has 0 saturated carbocycles. The molecule has 90 valence electrons. The molecule has 3 nitrogen and oxygen atoms in total. The summed E-state index contributed by atoms with van der Waals surface area (Å²) in [5, 5.41) is 9.23. The lowest BCUT2D eigenvalue weighted by atomic mass is 9.82. The Balaban J connectivity index is 2.55. The lowest BCUT2D eigenvalue weighted by molar-refractivity contribution is -0.274. The largest absolute Gasteiger partial charge is 0.396 e. The molecule has 1 aliphatic rings. The fourth-order valence-corrected chi connectivity index (χ4v) is 1.78. The van der Waals surface area contributed by atoms with Crippen molar-refractivity contribution in [2.75, 3.05) is 19.8 Å². The van der Waals surface area contributed by atoms with Gasteiger partial charge in [-0.2, -0.15) is 0 Å². The van der Waals surface area contributed by atoms with Crippen molar-refractivity contribution in [2.24, 2.45) is 10.8 Å². The Morgan fingerprint density at radius 2 is 1.67 bits per heavy atom. The van der Waals surface area contributed by atoms with Crippen LogP contribution in [-0.2, 0) is 9.47 Å². The van der Waals surface area contributed by atoms with Crippen LogP contribution in [0.1, 0.15) is 40.5 Å². The molecule has 0 aromatic heterocycles. The second-order valence-electron chi connectivity index (χ2n) is 5.31. The van der Waals surface area contributed by atoms with Crippen LogP contribution in [0.3, 0.4) is 0 Å². The van der Waals surface area contributed by atoms with Gasteiger partial charge in [-0.15, -0.1) is 0 Å². The van der Waals surface area contributed by atoms with Crippen molar-refractivity contribution < 1.29 is 14.6 Å². The van der Waals surface area contributed by atoms with Crippen molar-refractivity contribution in [1.29, 1.82) is 0 Å². The first-order valence-corrected chi connectivity index (χ1v) is 5.84. The van der Waals surface area contributed by atoms with Gasteiger partial charge in [-0.3, -0.25) is 0 Å². The lowest BCUT2D eigenvalue weighted by Crippen LogP contribution is -2.47. The number of hydrogen-bond donors (Lipinski definition) is 1. The van der Waals surface area contributed by atoms with Gasteiger partial charge in [0, 0.05) is 10.8 Å². The predicted octanol–water partition coefficient (Wildman–Crippen LogP) is 2.18. The first-order valence-electron chi connectivity index (χ1n) is 5.84. The Bertz CT molecular complexity index is 187. The van der Waals surface area contributed by atoms with Gasteiger partial charge in [0.15, 0.2) is 6.29 Å². The molecule has 1 heterocycles. The van der Waals surface area contributed by atoms with Crippen LogP contribution in [0.4, 0.5) is 0 Å². The minimum absolute atomic E-state index is 0.0862. The number of hydrogen-bond acceptors (Lipinski definition) is 3. The van der Waals surface area contributed by atoms with Crippen molar-refractivity contribution in [3.63, 3.8) is 0 Å². The summed E-state index contributed by atoms with van der Waals surface area (Å²) in [6.07, 6.45) is 1.89. The molecule has 1 saturated heterocycles. The third-order valence-electron chi connectivity index (χ3n) is 3.63.